The molecule has 1 aliphatic rings. The summed E-state index contributed by atoms with van der Waals surface area (Å²) in [6.07, 6.45) is -0.375. The highest BCUT2D eigenvalue weighted by Gasteiger charge is 2.51. The number of benzene rings is 2. The molecule has 1 atom stereocenters. The molecule has 1 heterocycles. The number of rotatable bonds is 9. The first-order chi connectivity index (χ1) is 17.1. The van der Waals surface area contributed by atoms with Crippen molar-refractivity contribution in [3.05, 3.63) is 85.5 Å². The topological polar surface area (TPSA) is 168 Å². The second-order valence-corrected chi connectivity index (χ2v) is 7.84. The van der Waals surface area contributed by atoms with Gasteiger partial charge in [-0.05, 0) is 43.7 Å². The summed E-state index contributed by atoms with van der Waals surface area (Å²) < 4.78 is 10.4. The zero-order valence-corrected chi connectivity index (χ0v) is 19.5. The van der Waals surface area contributed by atoms with Crippen molar-refractivity contribution in [3.63, 3.8) is 0 Å². The fourth-order valence-electron chi connectivity index (χ4n) is 3.89. The number of nitro benzene ring substituents is 2. The smallest absolute Gasteiger partial charge is 0.336 e. The third-order valence-corrected chi connectivity index (χ3v) is 5.68. The van der Waals surface area contributed by atoms with Gasteiger partial charge in [0.15, 0.2) is 11.2 Å². The number of esters is 2. The van der Waals surface area contributed by atoms with Gasteiger partial charge in [0, 0.05) is 42.8 Å². The molecule has 0 amide bonds. The average Bonchev–Trinajstić information content (AvgIpc) is 2.88. The van der Waals surface area contributed by atoms with Crippen LogP contribution < -0.4 is 5.32 Å². The van der Waals surface area contributed by atoms with E-state index in [4.69, 9.17) is 9.47 Å². The number of nitrogens with one attached hydrogen (secondary N) is 1. The average molecular weight is 497 g/mol. The van der Waals surface area contributed by atoms with E-state index < -0.39 is 33.0 Å². The van der Waals surface area contributed by atoms with E-state index in [0.29, 0.717) is 5.56 Å². The van der Waals surface area contributed by atoms with Gasteiger partial charge in [0.1, 0.15) is 0 Å². The van der Waals surface area contributed by atoms with Crippen LogP contribution in [-0.4, -0.2) is 47.3 Å². The van der Waals surface area contributed by atoms with Gasteiger partial charge in [-0.25, -0.2) is 4.79 Å². The minimum absolute atomic E-state index is 0.0136. The van der Waals surface area contributed by atoms with Crippen molar-refractivity contribution in [2.45, 2.75) is 20.3 Å². The molecule has 0 radical (unpaired) electrons. The lowest BCUT2D eigenvalue weighted by atomic mass is 9.72. The van der Waals surface area contributed by atoms with Crippen LogP contribution in [0.2, 0.25) is 0 Å². The standard InChI is InChI=1S/C24H23N3O9/c1-3-35-22(29)19-13-24(23(30)36-4-2,21(28)16-7-11-18(12-8-16)27(33)34)14-25-20(19)15-5-9-17(10-6-15)26(31)32/h5-12,25H,3-4,13-14H2,1-2H3. The maximum Gasteiger partial charge on any atom is 0.336 e. The lowest BCUT2D eigenvalue weighted by molar-refractivity contribution is -0.385. The van der Waals surface area contributed by atoms with Gasteiger partial charge in [0.05, 0.1) is 34.3 Å². The SMILES string of the molecule is CCOC(=O)C1=C(c2ccc([N+](=O)[O-])cc2)NCC(C(=O)OCC)(C(=O)c2ccc([N+](=O)[O-])cc2)C1. The Balaban J connectivity index is 2.11. The van der Waals surface area contributed by atoms with E-state index in [0.717, 1.165) is 12.1 Å². The Kier molecular flexibility index (Phi) is 7.77. The molecular weight excluding hydrogens is 474 g/mol. The Hall–Kier alpha value is -4.61. The highest BCUT2D eigenvalue weighted by atomic mass is 16.6. The molecule has 0 aliphatic carbocycles. The molecule has 12 heteroatoms. The third-order valence-electron chi connectivity index (χ3n) is 5.68. The number of carbonyl (C=O) groups excluding carboxylic acids is 3. The Labute approximate surface area is 205 Å². The number of Topliss-reactive ketones (excluding diaryl/α,β-unsaturated/α-hetero) is 1. The summed E-state index contributed by atoms with van der Waals surface area (Å²) in [6.45, 7) is 2.92. The molecule has 1 N–H and O–H groups in total. The molecule has 0 spiro atoms. The number of ether oxygens (including phenoxy) is 2. The van der Waals surface area contributed by atoms with Gasteiger partial charge in [0.2, 0.25) is 0 Å². The van der Waals surface area contributed by atoms with Crippen molar-refractivity contribution in [2.24, 2.45) is 5.41 Å². The van der Waals surface area contributed by atoms with Crippen molar-refractivity contribution in [3.8, 4) is 0 Å². The molecule has 0 bridgehead atoms. The van der Waals surface area contributed by atoms with Gasteiger partial charge in [-0.3, -0.25) is 29.8 Å². The van der Waals surface area contributed by atoms with Gasteiger partial charge in [0.25, 0.3) is 11.4 Å². The first-order valence-electron chi connectivity index (χ1n) is 11.0. The maximum atomic E-state index is 13.6. The van der Waals surface area contributed by atoms with Crippen molar-refractivity contribution >= 4 is 34.8 Å². The highest BCUT2D eigenvalue weighted by molar-refractivity contribution is 6.15. The van der Waals surface area contributed by atoms with Crippen LogP contribution in [0, 0.1) is 25.6 Å². The largest absolute Gasteiger partial charge is 0.465 e. The molecule has 0 fully saturated rings. The second-order valence-electron chi connectivity index (χ2n) is 7.84. The molecule has 2 aromatic carbocycles. The van der Waals surface area contributed by atoms with Crippen LogP contribution in [0.15, 0.2) is 54.1 Å². The molecule has 2 aromatic rings. The van der Waals surface area contributed by atoms with Gasteiger partial charge < -0.3 is 14.8 Å². The molecule has 1 aliphatic heterocycles. The maximum absolute atomic E-state index is 13.6. The van der Waals surface area contributed by atoms with E-state index in [-0.39, 0.29) is 54.4 Å². The quantitative estimate of drug-likeness (QED) is 0.178. The normalized spacial score (nSPS) is 17.1. The van der Waals surface area contributed by atoms with Gasteiger partial charge in [-0.1, -0.05) is 0 Å². The fraction of sp³-hybridized carbons (Fsp3) is 0.292. The molecule has 12 nitrogen and oxygen atoms in total. The fourth-order valence-corrected chi connectivity index (χ4v) is 3.89. The van der Waals surface area contributed by atoms with Crippen LogP contribution in [0.25, 0.3) is 5.70 Å². The second kappa shape index (κ2) is 10.8. The zero-order chi connectivity index (χ0) is 26.5. The molecule has 188 valence electrons. The zero-order valence-electron chi connectivity index (χ0n) is 19.5. The van der Waals surface area contributed by atoms with Crippen LogP contribution in [0.4, 0.5) is 11.4 Å². The van der Waals surface area contributed by atoms with Crippen molar-refractivity contribution in [1.82, 2.24) is 5.32 Å². The van der Waals surface area contributed by atoms with Crippen LogP contribution in [-0.2, 0) is 19.1 Å². The number of carbonyl (C=O) groups is 3. The van der Waals surface area contributed by atoms with Crippen LogP contribution in [0.3, 0.4) is 0 Å². The first-order valence-corrected chi connectivity index (χ1v) is 11.0. The van der Waals surface area contributed by atoms with E-state index in [1.54, 1.807) is 13.8 Å². The Morgan fingerprint density at radius 2 is 1.42 bits per heavy atom. The Morgan fingerprint density at radius 3 is 1.92 bits per heavy atom. The number of ketones is 1. The van der Waals surface area contributed by atoms with Crippen LogP contribution >= 0.6 is 0 Å². The summed E-state index contributed by atoms with van der Waals surface area (Å²) in [5, 5.41) is 25.0. The van der Waals surface area contributed by atoms with E-state index in [2.05, 4.69) is 5.32 Å². The van der Waals surface area contributed by atoms with E-state index in [9.17, 15) is 34.6 Å². The summed E-state index contributed by atoms with van der Waals surface area (Å²) in [5.74, 6) is -2.33. The van der Waals surface area contributed by atoms with Crippen LogP contribution in [0.5, 0.6) is 0 Å². The lowest BCUT2D eigenvalue weighted by Crippen LogP contribution is -2.51. The summed E-state index contributed by atoms with van der Waals surface area (Å²) in [4.78, 5) is 60.6. The predicted molar refractivity (Wildman–Crippen MR) is 126 cm³/mol. The number of non-ortho nitro benzene ring substituents is 2. The van der Waals surface area contributed by atoms with Crippen molar-refractivity contribution < 1.29 is 33.7 Å². The van der Waals surface area contributed by atoms with E-state index in [1.807, 2.05) is 0 Å². The molecule has 36 heavy (non-hydrogen) atoms. The molecule has 1 unspecified atom stereocenters. The molecular formula is C24H23N3O9. The minimum Gasteiger partial charge on any atom is -0.465 e. The van der Waals surface area contributed by atoms with Gasteiger partial charge in [-0.2, -0.15) is 0 Å². The van der Waals surface area contributed by atoms with Crippen LogP contribution in [0.1, 0.15) is 36.2 Å². The summed E-state index contributed by atoms with van der Waals surface area (Å²) in [5.41, 5.74) is -1.55. The molecule has 0 saturated carbocycles. The summed E-state index contributed by atoms with van der Waals surface area (Å²) in [6, 6.07) is 10.2. The Bertz CT molecular complexity index is 1240. The van der Waals surface area contributed by atoms with Gasteiger partial charge in [-0.15, -0.1) is 0 Å². The predicted octanol–water partition coefficient (Wildman–Crippen LogP) is 3.20. The number of nitrogens with zero attached hydrogens (tertiary/aromatic N) is 2. The third kappa shape index (κ3) is 5.06. The number of hydrogen-bond acceptors (Lipinski definition) is 10. The van der Waals surface area contributed by atoms with E-state index in [1.165, 1.54) is 36.4 Å². The highest BCUT2D eigenvalue weighted by Crippen LogP contribution is 2.39. The molecule has 3 rings (SSSR count). The summed E-state index contributed by atoms with van der Waals surface area (Å²) >= 11 is 0. The number of hydrogen-bond donors (Lipinski definition) is 1. The van der Waals surface area contributed by atoms with E-state index >= 15 is 0 Å². The minimum atomic E-state index is -1.86. The Morgan fingerprint density at radius 1 is 0.889 bits per heavy atom. The molecule has 0 aromatic heterocycles. The first kappa shape index (κ1) is 26.0. The number of nitro groups is 2. The lowest BCUT2D eigenvalue weighted by Gasteiger charge is -2.36. The monoisotopic (exact) mass is 497 g/mol. The van der Waals surface area contributed by atoms with Crippen molar-refractivity contribution in [1.29, 1.82) is 0 Å². The van der Waals surface area contributed by atoms with Crippen molar-refractivity contribution in [2.75, 3.05) is 19.8 Å². The summed E-state index contributed by atoms with van der Waals surface area (Å²) in [7, 11) is 0. The van der Waals surface area contributed by atoms with Gasteiger partial charge >= 0.3 is 11.9 Å². The molecule has 0 saturated heterocycles.